The Kier molecular flexibility index (Phi) is 3.85. The Bertz CT molecular complexity index is 496. The van der Waals surface area contributed by atoms with Crippen molar-refractivity contribution in [3.05, 3.63) is 36.5 Å². The molecule has 1 N–H and O–H groups in total. The second-order valence-electron chi connectivity index (χ2n) is 4.32. The van der Waals surface area contributed by atoms with Gasteiger partial charge in [-0.3, -0.25) is 9.69 Å². The van der Waals surface area contributed by atoms with Crippen LogP contribution in [0, 0.1) is 5.41 Å². The zero-order valence-electron chi connectivity index (χ0n) is 11.0. The molecule has 0 radical (unpaired) electrons. The van der Waals surface area contributed by atoms with E-state index < -0.39 is 0 Å². The number of rotatable bonds is 5. The van der Waals surface area contributed by atoms with Crippen molar-refractivity contribution in [3.63, 3.8) is 0 Å². The molecule has 0 aromatic heterocycles. The van der Waals surface area contributed by atoms with Gasteiger partial charge >= 0.3 is 0 Å². The molecule has 1 aromatic carbocycles. The van der Waals surface area contributed by atoms with Gasteiger partial charge in [0, 0.05) is 25.1 Å². The molecule has 5 nitrogen and oxygen atoms in total. The van der Waals surface area contributed by atoms with Crippen LogP contribution in [0.3, 0.4) is 0 Å². The highest BCUT2D eigenvalue weighted by molar-refractivity contribution is 6.00. The lowest BCUT2D eigenvalue weighted by Gasteiger charge is -2.44. The van der Waals surface area contributed by atoms with Gasteiger partial charge in [-0.2, -0.15) is 0 Å². The van der Waals surface area contributed by atoms with E-state index in [9.17, 15) is 4.79 Å². The van der Waals surface area contributed by atoms with Crippen LogP contribution in [0.5, 0.6) is 5.75 Å². The molecule has 1 aliphatic rings. The minimum Gasteiger partial charge on any atom is -0.497 e. The van der Waals surface area contributed by atoms with Crippen LogP contribution in [0.1, 0.15) is 6.42 Å². The Hall–Kier alpha value is -2.30. The summed E-state index contributed by atoms with van der Waals surface area (Å²) >= 11 is 0. The monoisotopic (exact) mass is 259 g/mol. The van der Waals surface area contributed by atoms with E-state index in [0.717, 1.165) is 11.4 Å². The lowest BCUT2D eigenvalue weighted by molar-refractivity contribution is -0.126. The second kappa shape index (κ2) is 5.56. The van der Waals surface area contributed by atoms with Crippen molar-refractivity contribution in [2.45, 2.75) is 12.6 Å². The Balaban J connectivity index is 2.14. The molecule has 1 amide bonds. The molecule has 100 valence electrons. The predicted octanol–water partition coefficient (Wildman–Crippen LogP) is 1.85. The number of β-lactam (4-membered cyclic amide) rings is 1. The van der Waals surface area contributed by atoms with E-state index >= 15 is 0 Å². The van der Waals surface area contributed by atoms with Gasteiger partial charge in [0.25, 0.3) is 0 Å². The zero-order valence-corrected chi connectivity index (χ0v) is 11.0. The molecule has 1 heterocycles. The second-order valence-corrected chi connectivity index (χ2v) is 4.32. The summed E-state index contributed by atoms with van der Waals surface area (Å²) in [4.78, 5) is 15.4. The summed E-state index contributed by atoms with van der Waals surface area (Å²) in [6.07, 6.45) is 5.15. The third-order valence-electron chi connectivity index (χ3n) is 3.16. The van der Waals surface area contributed by atoms with Crippen LogP contribution in [0.4, 0.5) is 5.69 Å². The standard InChI is InChI=1S/C14H17N3O2/c1-16(9-3-8-15)13-10-14(18)17(13)11-4-6-12(19-2)7-5-11/h3-9,13,15H,10H2,1-2H3/b9-3-,15-8?/t13-/m1/s1. The molecule has 0 bridgehead atoms. The third kappa shape index (κ3) is 2.59. The van der Waals surface area contributed by atoms with Crippen molar-refractivity contribution in [1.82, 2.24) is 4.90 Å². The van der Waals surface area contributed by atoms with Crippen molar-refractivity contribution < 1.29 is 9.53 Å². The molecule has 0 saturated carbocycles. The van der Waals surface area contributed by atoms with Crippen molar-refractivity contribution in [1.29, 1.82) is 5.41 Å². The predicted molar refractivity (Wildman–Crippen MR) is 74.6 cm³/mol. The maximum atomic E-state index is 11.8. The average molecular weight is 259 g/mol. The van der Waals surface area contributed by atoms with Crippen molar-refractivity contribution in [2.75, 3.05) is 19.1 Å². The van der Waals surface area contributed by atoms with Crippen molar-refractivity contribution in [3.8, 4) is 5.75 Å². The van der Waals surface area contributed by atoms with E-state index in [-0.39, 0.29) is 12.1 Å². The smallest absolute Gasteiger partial charge is 0.232 e. The molecule has 1 saturated heterocycles. The van der Waals surface area contributed by atoms with Gasteiger partial charge in [-0.05, 0) is 30.3 Å². The normalized spacial score (nSPS) is 18.3. The van der Waals surface area contributed by atoms with E-state index in [4.69, 9.17) is 10.1 Å². The fraction of sp³-hybridized carbons (Fsp3) is 0.286. The molecule has 1 atom stereocenters. The van der Waals surface area contributed by atoms with E-state index in [1.54, 1.807) is 24.3 Å². The topological polar surface area (TPSA) is 56.6 Å². The highest BCUT2D eigenvalue weighted by atomic mass is 16.5. The highest BCUT2D eigenvalue weighted by Crippen LogP contribution is 2.30. The summed E-state index contributed by atoms with van der Waals surface area (Å²) in [6.45, 7) is 0. The SMILES string of the molecule is COc1ccc(N2C(=O)C[C@@H]2N(C)/C=C\C=N)cc1. The minimum absolute atomic E-state index is 0.0112. The summed E-state index contributed by atoms with van der Waals surface area (Å²) in [5.41, 5.74) is 0.858. The third-order valence-corrected chi connectivity index (χ3v) is 3.16. The molecular weight excluding hydrogens is 242 g/mol. The van der Waals surface area contributed by atoms with Crippen molar-refractivity contribution >= 4 is 17.8 Å². The Morgan fingerprint density at radius 1 is 1.42 bits per heavy atom. The van der Waals surface area contributed by atoms with E-state index in [1.165, 1.54) is 6.21 Å². The number of hydrogen-bond acceptors (Lipinski definition) is 4. The lowest BCUT2D eigenvalue weighted by atomic mass is 10.1. The Labute approximate surface area is 112 Å². The van der Waals surface area contributed by atoms with Crippen LogP contribution in [-0.4, -0.2) is 37.3 Å². The maximum Gasteiger partial charge on any atom is 0.232 e. The first-order chi connectivity index (χ1) is 9.17. The molecule has 2 rings (SSSR count). The van der Waals surface area contributed by atoms with Crippen LogP contribution < -0.4 is 9.64 Å². The van der Waals surface area contributed by atoms with E-state index in [1.807, 2.05) is 36.2 Å². The highest BCUT2D eigenvalue weighted by Gasteiger charge is 2.38. The van der Waals surface area contributed by atoms with Gasteiger partial charge in [0.15, 0.2) is 0 Å². The van der Waals surface area contributed by atoms with Crippen LogP contribution in [0.2, 0.25) is 0 Å². The molecule has 0 aliphatic carbocycles. The van der Waals surface area contributed by atoms with Crippen molar-refractivity contribution in [2.24, 2.45) is 0 Å². The number of methoxy groups -OCH3 is 1. The molecule has 0 spiro atoms. The summed E-state index contributed by atoms with van der Waals surface area (Å²) in [7, 11) is 3.51. The summed E-state index contributed by atoms with van der Waals surface area (Å²) in [5.74, 6) is 0.871. The van der Waals surface area contributed by atoms with Gasteiger partial charge < -0.3 is 15.0 Å². The van der Waals surface area contributed by atoms with Gasteiger partial charge in [-0.25, -0.2) is 0 Å². The van der Waals surface area contributed by atoms with E-state index in [0.29, 0.717) is 6.42 Å². The summed E-state index contributed by atoms with van der Waals surface area (Å²) in [5, 5.41) is 6.98. The molecule has 1 fully saturated rings. The number of hydrogen-bond donors (Lipinski definition) is 1. The number of nitrogens with zero attached hydrogens (tertiary/aromatic N) is 2. The van der Waals surface area contributed by atoms with Crippen LogP contribution in [0.15, 0.2) is 36.5 Å². The number of ether oxygens (including phenoxy) is 1. The molecule has 1 aliphatic heterocycles. The fourth-order valence-corrected chi connectivity index (χ4v) is 2.06. The molecule has 0 unspecified atom stereocenters. The molecular formula is C14H17N3O2. The summed E-state index contributed by atoms with van der Waals surface area (Å²) in [6, 6.07) is 7.42. The molecule has 5 heteroatoms. The first-order valence-corrected chi connectivity index (χ1v) is 6.02. The van der Waals surface area contributed by atoms with Gasteiger partial charge in [0.2, 0.25) is 5.91 Å². The number of carbonyl (C=O) groups excluding carboxylic acids is 1. The van der Waals surface area contributed by atoms with Crippen LogP contribution >= 0.6 is 0 Å². The maximum absolute atomic E-state index is 11.8. The number of allylic oxidation sites excluding steroid dienone is 1. The Morgan fingerprint density at radius 3 is 2.63 bits per heavy atom. The van der Waals surface area contributed by atoms with E-state index in [2.05, 4.69) is 0 Å². The number of amides is 1. The van der Waals surface area contributed by atoms with Gasteiger partial charge in [-0.1, -0.05) is 0 Å². The summed E-state index contributed by atoms with van der Waals surface area (Å²) < 4.78 is 5.10. The first-order valence-electron chi connectivity index (χ1n) is 6.02. The lowest BCUT2D eigenvalue weighted by Crippen LogP contribution is -2.59. The number of benzene rings is 1. The Morgan fingerprint density at radius 2 is 2.11 bits per heavy atom. The molecule has 1 aromatic rings. The number of anilines is 1. The average Bonchev–Trinajstić information content (AvgIpc) is 2.42. The quantitative estimate of drug-likeness (QED) is 0.648. The van der Waals surface area contributed by atoms with Crippen LogP contribution in [0.25, 0.3) is 0 Å². The number of nitrogens with one attached hydrogen (secondary N) is 1. The van der Waals surface area contributed by atoms with Gasteiger partial charge in [-0.15, -0.1) is 0 Å². The fourth-order valence-electron chi connectivity index (χ4n) is 2.06. The first kappa shape index (κ1) is 13.1. The largest absolute Gasteiger partial charge is 0.497 e. The zero-order chi connectivity index (χ0) is 13.8. The number of carbonyl (C=O) groups is 1. The van der Waals surface area contributed by atoms with Crippen LogP contribution in [-0.2, 0) is 4.79 Å². The minimum atomic E-state index is 0.0112. The molecule has 19 heavy (non-hydrogen) atoms. The van der Waals surface area contributed by atoms with Gasteiger partial charge in [0.1, 0.15) is 11.9 Å². The van der Waals surface area contributed by atoms with Gasteiger partial charge in [0.05, 0.1) is 13.5 Å².